The summed E-state index contributed by atoms with van der Waals surface area (Å²) in [5.41, 5.74) is 1.14. The van der Waals surface area contributed by atoms with Crippen molar-refractivity contribution < 1.29 is 27.5 Å². The van der Waals surface area contributed by atoms with Crippen LogP contribution in [0.1, 0.15) is 5.56 Å². The molecule has 0 saturated heterocycles. The number of imide groups is 1. The van der Waals surface area contributed by atoms with Crippen molar-refractivity contribution in [1.82, 2.24) is 0 Å². The fourth-order valence-electron chi connectivity index (χ4n) is 3.25. The zero-order valence-electron chi connectivity index (χ0n) is 15.9. The highest BCUT2D eigenvalue weighted by molar-refractivity contribution is 6.46. The lowest BCUT2D eigenvalue weighted by Gasteiger charge is -2.15. The molecular formula is C23H15F3N2O3. The van der Waals surface area contributed by atoms with Crippen molar-refractivity contribution in [3.05, 3.63) is 96.2 Å². The molecule has 0 unspecified atom stereocenters. The Balaban J connectivity index is 1.75. The number of amides is 2. The van der Waals surface area contributed by atoms with Crippen LogP contribution in [0.25, 0.3) is 5.57 Å². The molecule has 1 N–H and O–H groups in total. The number of ether oxygens (including phenoxy) is 1. The smallest absolute Gasteiger partial charge is 0.406 e. The molecule has 8 heteroatoms. The first-order chi connectivity index (χ1) is 14.8. The lowest BCUT2D eigenvalue weighted by Crippen LogP contribution is -2.32. The number of carbonyl (C=O) groups excluding carboxylic acids is 2. The molecule has 0 saturated carbocycles. The number of para-hydroxylation sites is 1. The molecule has 0 fully saturated rings. The molecule has 156 valence electrons. The van der Waals surface area contributed by atoms with Gasteiger partial charge in [0.15, 0.2) is 0 Å². The molecule has 0 atom stereocenters. The van der Waals surface area contributed by atoms with Crippen molar-refractivity contribution in [1.29, 1.82) is 0 Å². The van der Waals surface area contributed by atoms with Gasteiger partial charge in [-0.2, -0.15) is 0 Å². The maximum atomic E-state index is 13.2. The van der Waals surface area contributed by atoms with Crippen LogP contribution in [0.15, 0.2) is 90.6 Å². The monoisotopic (exact) mass is 424 g/mol. The van der Waals surface area contributed by atoms with Crippen molar-refractivity contribution in [2.24, 2.45) is 0 Å². The summed E-state index contributed by atoms with van der Waals surface area (Å²) in [5, 5.41) is 2.82. The molecular weight excluding hydrogens is 409 g/mol. The van der Waals surface area contributed by atoms with Gasteiger partial charge in [-0.1, -0.05) is 54.6 Å². The summed E-state index contributed by atoms with van der Waals surface area (Å²) in [6.45, 7) is 0. The fourth-order valence-corrected chi connectivity index (χ4v) is 3.25. The van der Waals surface area contributed by atoms with Crippen molar-refractivity contribution in [3.63, 3.8) is 0 Å². The van der Waals surface area contributed by atoms with E-state index >= 15 is 0 Å². The number of hydrogen-bond donors (Lipinski definition) is 1. The van der Waals surface area contributed by atoms with E-state index in [9.17, 15) is 22.8 Å². The van der Waals surface area contributed by atoms with Crippen molar-refractivity contribution >= 4 is 28.8 Å². The van der Waals surface area contributed by atoms with Crippen LogP contribution in [0.5, 0.6) is 5.75 Å². The summed E-state index contributed by atoms with van der Waals surface area (Å²) in [6.07, 6.45) is -4.85. The van der Waals surface area contributed by atoms with E-state index in [1.807, 2.05) is 0 Å². The number of anilines is 2. The molecule has 4 rings (SSSR count). The third-order valence-corrected chi connectivity index (χ3v) is 4.50. The average Bonchev–Trinajstić information content (AvgIpc) is 2.98. The minimum Gasteiger partial charge on any atom is -0.406 e. The predicted molar refractivity (Wildman–Crippen MR) is 109 cm³/mol. The number of alkyl halides is 3. The highest BCUT2D eigenvalue weighted by Gasteiger charge is 2.40. The van der Waals surface area contributed by atoms with Gasteiger partial charge in [0.1, 0.15) is 11.4 Å². The van der Waals surface area contributed by atoms with Crippen LogP contribution in [0, 0.1) is 0 Å². The first-order valence-corrected chi connectivity index (χ1v) is 9.20. The molecule has 0 aromatic heterocycles. The number of benzene rings is 3. The minimum absolute atomic E-state index is 0.0378. The van der Waals surface area contributed by atoms with Crippen LogP contribution >= 0.6 is 0 Å². The predicted octanol–water partition coefficient (Wildman–Crippen LogP) is 4.98. The fraction of sp³-hybridized carbons (Fsp3) is 0.0435. The summed E-state index contributed by atoms with van der Waals surface area (Å²) < 4.78 is 41.6. The number of rotatable bonds is 5. The van der Waals surface area contributed by atoms with Gasteiger partial charge >= 0.3 is 6.36 Å². The van der Waals surface area contributed by atoms with E-state index < -0.39 is 23.9 Å². The largest absolute Gasteiger partial charge is 0.573 e. The Bertz CT molecular complexity index is 1160. The summed E-state index contributed by atoms with van der Waals surface area (Å²) in [6, 6.07) is 22.0. The minimum atomic E-state index is -4.85. The van der Waals surface area contributed by atoms with E-state index in [-0.39, 0.29) is 17.0 Å². The van der Waals surface area contributed by atoms with Gasteiger partial charge in [0.2, 0.25) is 0 Å². The lowest BCUT2D eigenvalue weighted by atomic mass is 10.0. The average molecular weight is 424 g/mol. The summed E-state index contributed by atoms with van der Waals surface area (Å²) in [5.74, 6) is -1.60. The number of nitrogens with one attached hydrogen (secondary N) is 1. The van der Waals surface area contributed by atoms with E-state index in [1.54, 1.807) is 60.7 Å². The van der Waals surface area contributed by atoms with E-state index in [2.05, 4.69) is 10.1 Å². The number of carbonyl (C=O) groups is 2. The number of hydrogen-bond acceptors (Lipinski definition) is 4. The second-order valence-corrected chi connectivity index (χ2v) is 6.60. The molecule has 31 heavy (non-hydrogen) atoms. The van der Waals surface area contributed by atoms with Gasteiger partial charge in [-0.15, -0.1) is 13.2 Å². The maximum absolute atomic E-state index is 13.2. The third-order valence-electron chi connectivity index (χ3n) is 4.50. The molecule has 0 radical (unpaired) electrons. The SMILES string of the molecule is O=C1C(Nc2cccc(OC(F)(F)F)c2)=C(c2ccccc2)C(=O)N1c1ccccc1. The molecule has 0 bridgehead atoms. The highest BCUT2D eigenvalue weighted by Crippen LogP contribution is 2.34. The van der Waals surface area contributed by atoms with Gasteiger partial charge < -0.3 is 10.1 Å². The second-order valence-electron chi connectivity index (χ2n) is 6.60. The van der Waals surface area contributed by atoms with Gasteiger partial charge in [0.25, 0.3) is 11.8 Å². The molecule has 2 amide bonds. The standard InChI is InChI=1S/C23H15F3N2O3/c24-23(25,26)31-18-13-7-10-16(14-18)27-20-19(15-8-3-1-4-9-15)21(29)28(22(20)30)17-11-5-2-6-12-17/h1-14,27H. The highest BCUT2D eigenvalue weighted by atomic mass is 19.4. The van der Waals surface area contributed by atoms with Crippen molar-refractivity contribution in [3.8, 4) is 5.75 Å². The molecule has 1 aliphatic rings. The van der Waals surface area contributed by atoms with Crippen molar-refractivity contribution in [2.45, 2.75) is 6.36 Å². The van der Waals surface area contributed by atoms with Gasteiger partial charge in [-0.05, 0) is 29.8 Å². The maximum Gasteiger partial charge on any atom is 0.573 e. The van der Waals surface area contributed by atoms with Crippen LogP contribution in [0.4, 0.5) is 24.5 Å². The molecule has 1 heterocycles. The summed E-state index contributed by atoms with van der Waals surface area (Å²) >= 11 is 0. The molecule has 3 aromatic carbocycles. The zero-order chi connectivity index (χ0) is 22.0. The van der Waals surface area contributed by atoms with E-state index in [0.29, 0.717) is 11.3 Å². The Kier molecular flexibility index (Phi) is 5.21. The quantitative estimate of drug-likeness (QED) is 0.587. The molecule has 0 aliphatic carbocycles. The van der Waals surface area contributed by atoms with Gasteiger partial charge in [0, 0.05) is 11.8 Å². The van der Waals surface area contributed by atoms with E-state index in [0.717, 1.165) is 17.0 Å². The first kappa shape index (κ1) is 20.2. The Morgan fingerprint density at radius 3 is 2.06 bits per heavy atom. The number of nitrogens with zero attached hydrogens (tertiary/aromatic N) is 1. The van der Waals surface area contributed by atoms with Crippen LogP contribution in [-0.4, -0.2) is 18.2 Å². The van der Waals surface area contributed by atoms with Gasteiger partial charge in [-0.3, -0.25) is 9.59 Å². The van der Waals surface area contributed by atoms with E-state index in [4.69, 9.17) is 0 Å². The van der Waals surface area contributed by atoms with Gasteiger partial charge in [0.05, 0.1) is 11.3 Å². The molecule has 5 nitrogen and oxygen atoms in total. The Morgan fingerprint density at radius 1 is 0.774 bits per heavy atom. The summed E-state index contributed by atoms with van der Waals surface area (Å²) in [7, 11) is 0. The second kappa shape index (κ2) is 7.98. The summed E-state index contributed by atoms with van der Waals surface area (Å²) in [4.78, 5) is 27.4. The van der Waals surface area contributed by atoms with Crippen LogP contribution in [-0.2, 0) is 9.59 Å². The van der Waals surface area contributed by atoms with Crippen LogP contribution in [0.3, 0.4) is 0 Å². The Hall–Kier alpha value is -4.07. The normalized spacial score (nSPS) is 14.2. The van der Waals surface area contributed by atoms with E-state index in [1.165, 1.54) is 12.1 Å². The molecule has 1 aliphatic heterocycles. The van der Waals surface area contributed by atoms with Crippen LogP contribution < -0.4 is 15.0 Å². The molecule has 3 aromatic rings. The third kappa shape index (κ3) is 4.28. The van der Waals surface area contributed by atoms with Crippen LogP contribution in [0.2, 0.25) is 0 Å². The zero-order valence-corrected chi connectivity index (χ0v) is 15.9. The lowest BCUT2D eigenvalue weighted by molar-refractivity contribution is -0.274. The first-order valence-electron chi connectivity index (χ1n) is 9.20. The van der Waals surface area contributed by atoms with Crippen molar-refractivity contribution in [2.75, 3.05) is 10.2 Å². The number of halogens is 3. The Morgan fingerprint density at radius 2 is 1.42 bits per heavy atom. The Labute approximate surface area is 175 Å². The molecule has 0 spiro atoms. The van der Waals surface area contributed by atoms with Gasteiger partial charge in [-0.25, -0.2) is 4.90 Å². The topological polar surface area (TPSA) is 58.6 Å².